The van der Waals surface area contributed by atoms with Crippen LogP contribution in [0.1, 0.15) is 35.1 Å². The zero-order valence-corrected chi connectivity index (χ0v) is 10.4. The number of hydrogen-bond donors (Lipinski definition) is 0. The molecule has 1 aromatic rings. The van der Waals surface area contributed by atoms with E-state index < -0.39 is 0 Å². The third-order valence-electron chi connectivity index (χ3n) is 3.60. The highest BCUT2D eigenvalue weighted by Crippen LogP contribution is 2.35. The molecule has 1 heteroatoms. The molecule has 0 heterocycles. The molecule has 0 saturated heterocycles. The van der Waals surface area contributed by atoms with Gasteiger partial charge in [-0.15, -0.1) is 0 Å². The SMILES string of the molecule is BrCCC1=CCc2cc3c(cc21)CCC3. The second-order valence-electron chi connectivity index (χ2n) is 4.50. The standard InChI is InChI=1S/C14H15Br/c15-7-6-10-4-5-13-8-11-2-1-3-12(11)9-14(10)13/h4,8-9H,1-3,5-7H2. The van der Waals surface area contributed by atoms with Crippen molar-refractivity contribution in [2.75, 3.05) is 5.33 Å². The van der Waals surface area contributed by atoms with Crippen molar-refractivity contribution in [3.63, 3.8) is 0 Å². The van der Waals surface area contributed by atoms with E-state index in [2.05, 4.69) is 34.1 Å². The Morgan fingerprint density at radius 3 is 2.67 bits per heavy atom. The lowest BCUT2D eigenvalue weighted by Gasteiger charge is -2.08. The quantitative estimate of drug-likeness (QED) is 0.710. The Balaban J connectivity index is 2.03. The lowest BCUT2D eigenvalue weighted by atomic mass is 9.98. The molecule has 0 nitrogen and oxygen atoms in total. The largest absolute Gasteiger partial charge is 0.0924 e. The van der Waals surface area contributed by atoms with E-state index in [0.29, 0.717) is 0 Å². The van der Waals surface area contributed by atoms with Gasteiger partial charge in [-0.05, 0) is 59.9 Å². The Hall–Kier alpha value is -0.560. The number of halogens is 1. The van der Waals surface area contributed by atoms with Crippen LogP contribution < -0.4 is 0 Å². The maximum atomic E-state index is 3.53. The first-order valence-electron chi connectivity index (χ1n) is 5.78. The molecule has 1 aromatic carbocycles. The molecule has 0 bridgehead atoms. The van der Waals surface area contributed by atoms with Gasteiger partial charge in [0.05, 0.1) is 0 Å². The van der Waals surface area contributed by atoms with Gasteiger partial charge in [0.25, 0.3) is 0 Å². The highest BCUT2D eigenvalue weighted by molar-refractivity contribution is 9.09. The normalized spacial score (nSPS) is 17.5. The molecule has 78 valence electrons. The van der Waals surface area contributed by atoms with Gasteiger partial charge in [0, 0.05) is 5.33 Å². The topological polar surface area (TPSA) is 0 Å². The van der Waals surface area contributed by atoms with Crippen LogP contribution >= 0.6 is 15.9 Å². The Kier molecular flexibility index (Phi) is 2.44. The van der Waals surface area contributed by atoms with Crippen LogP contribution in [0.25, 0.3) is 5.57 Å². The van der Waals surface area contributed by atoms with Gasteiger partial charge in [-0.25, -0.2) is 0 Å². The van der Waals surface area contributed by atoms with Crippen LogP contribution in [0.15, 0.2) is 18.2 Å². The average molecular weight is 263 g/mol. The maximum absolute atomic E-state index is 3.53. The van der Waals surface area contributed by atoms with Crippen LogP contribution in [0.4, 0.5) is 0 Å². The summed E-state index contributed by atoms with van der Waals surface area (Å²) >= 11 is 3.53. The van der Waals surface area contributed by atoms with Crippen molar-refractivity contribution in [1.82, 2.24) is 0 Å². The molecule has 0 aliphatic heterocycles. The van der Waals surface area contributed by atoms with E-state index in [-0.39, 0.29) is 0 Å². The van der Waals surface area contributed by atoms with Gasteiger partial charge in [-0.3, -0.25) is 0 Å². The summed E-state index contributed by atoms with van der Waals surface area (Å²) in [5, 5.41) is 1.08. The van der Waals surface area contributed by atoms with Gasteiger partial charge in [0.1, 0.15) is 0 Å². The van der Waals surface area contributed by atoms with Crippen molar-refractivity contribution in [3.8, 4) is 0 Å². The minimum Gasteiger partial charge on any atom is -0.0924 e. The molecule has 0 spiro atoms. The van der Waals surface area contributed by atoms with Crippen molar-refractivity contribution >= 4 is 21.5 Å². The molecule has 0 aromatic heterocycles. The molecule has 2 aliphatic carbocycles. The van der Waals surface area contributed by atoms with Gasteiger partial charge < -0.3 is 0 Å². The summed E-state index contributed by atoms with van der Waals surface area (Å²) in [4.78, 5) is 0. The van der Waals surface area contributed by atoms with E-state index in [1.807, 2.05) is 0 Å². The van der Waals surface area contributed by atoms with Crippen LogP contribution in [0.3, 0.4) is 0 Å². The Bertz CT molecular complexity index is 429. The van der Waals surface area contributed by atoms with E-state index in [1.165, 1.54) is 31.2 Å². The van der Waals surface area contributed by atoms with E-state index in [9.17, 15) is 0 Å². The lowest BCUT2D eigenvalue weighted by Crippen LogP contribution is -1.91. The van der Waals surface area contributed by atoms with Crippen molar-refractivity contribution in [1.29, 1.82) is 0 Å². The molecule has 0 unspecified atom stereocenters. The summed E-state index contributed by atoms with van der Waals surface area (Å²) in [6.45, 7) is 0. The Morgan fingerprint density at radius 2 is 1.87 bits per heavy atom. The summed E-state index contributed by atoms with van der Waals surface area (Å²) in [5.41, 5.74) is 7.87. The second-order valence-corrected chi connectivity index (χ2v) is 5.30. The summed E-state index contributed by atoms with van der Waals surface area (Å²) in [7, 11) is 0. The summed E-state index contributed by atoms with van der Waals surface area (Å²) in [5.74, 6) is 0. The molecular weight excluding hydrogens is 248 g/mol. The van der Waals surface area contributed by atoms with E-state index in [1.54, 1.807) is 22.3 Å². The summed E-state index contributed by atoms with van der Waals surface area (Å²) < 4.78 is 0. The molecule has 2 aliphatic rings. The smallest absolute Gasteiger partial charge is 0.00719 e. The number of fused-ring (bicyclic) bond motifs is 2. The minimum absolute atomic E-state index is 1.08. The number of hydrogen-bond acceptors (Lipinski definition) is 0. The molecule has 0 N–H and O–H groups in total. The highest BCUT2D eigenvalue weighted by Gasteiger charge is 2.18. The van der Waals surface area contributed by atoms with Crippen LogP contribution in [-0.4, -0.2) is 5.33 Å². The predicted octanol–water partition coefficient (Wildman–Crippen LogP) is 3.90. The number of benzene rings is 1. The van der Waals surface area contributed by atoms with Gasteiger partial charge >= 0.3 is 0 Å². The third kappa shape index (κ3) is 1.57. The van der Waals surface area contributed by atoms with Crippen LogP contribution in [0, 0.1) is 0 Å². The van der Waals surface area contributed by atoms with Crippen molar-refractivity contribution in [2.45, 2.75) is 32.1 Å². The van der Waals surface area contributed by atoms with Crippen LogP contribution in [0.2, 0.25) is 0 Å². The third-order valence-corrected chi connectivity index (χ3v) is 3.99. The first-order chi connectivity index (χ1) is 7.38. The van der Waals surface area contributed by atoms with E-state index >= 15 is 0 Å². The molecule has 0 atom stereocenters. The summed E-state index contributed by atoms with van der Waals surface area (Å²) in [6.07, 6.45) is 8.69. The fourth-order valence-electron chi connectivity index (χ4n) is 2.82. The molecule has 0 fully saturated rings. The average Bonchev–Trinajstić information content (AvgIpc) is 2.82. The predicted molar refractivity (Wildman–Crippen MR) is 68.6 cm³/mol. The molecular formula is C14H15Br. The molecule has 3 rings (SSSR count). The Labute approximate surface area is 99.5 Å². The molecule has 0 saturated carbocycles. The number of allylic oxidation sites excluding steroid dienone is 2. The molecule has 0 radical (unpaired) electrons. The number of alkyl halides is 1. The fourth-order valence-corrected chi connectivity index (χ4v) is 3.25. The number of rotatable bonds is 2. The van der Waals surface area contributed by atoms with Crippen molar-refractivity contribution in [2.24, 2.45) is 0 Å². The van der Waals surface area contributed by atoms with Crippen LogP contribution in [0.5, 0.6) is 0 Å². The zero-order chi connectivity index (χ0) is 10.3. The van der Waals surface area contributed by atoms with Crippen LogP contribution in [-0.2, 0) is 19.3 Å². The monoisotopic (exact) mass is 262 g/mol. The van der Waals surface area contributed by atoms with E-state index in [0.717, 1.165) is 11.8 Å². The van der Waals surface area contributed by atoms with E-state index in [4.69, 9.17) is 0 Å². The molecule has 0 amide bonds. The maximum Gasteiger partial charge on any atom is 0.00719 e. The first kappa shape index (κ1) is 9.65. The van der Waals surface area contributed by atoms with Gasteiger partial charge in [-0.1, -0.05) is 34.1 Å². The lowest BCUT2D eigenvalue weighted by molar-refractivity contribution is 0.911. The zero-order valence-electron chi connectivity index (χ0n) is 8.85. The molecule has 15 heavy (non-hydrogen) atoms. The highest BCUT2D eigenvalue weighted by atomic mass is 79.9. The van der Waals surface area contributed by atoms with Gasteiger partial charge in [0.15, 0.2) is 0 Å². The fraction of sp³-hybridized carbons (Fsp3) is 0.429. The van der Waals surface area contributed by atoms with Crippen molar-refractivity contribution < 1.29 is 0 Å². The van der Waals surface area contributed by atoms with Crippen molar-refractivity contribution in [3.05, 3.63) is 40.5 Å². The Morgan fingerprint density at radius 1 is 1.07 bits per heavy atom. The number of aryl methyl sites for hydroxylation is 2. The summed E-state index contributed by atoms with van der Waals surface area (Å²) in [6, 6.07) is 4.91. The van der Waals surface area contributed by atoms with Gasteiger partial charge in [0.2, 0.25) is 0 Å². The van der Waals surface area contributed by atoms with Gasteiger partial charge in [-0.2, -0.15) is 0 Å². The first-order valence-corrected chi connectivity index (χ1v) is 6.90. The second kappa shape index (κ2) is 3.79. The minimum atomic E-state index is 1.08.